The summed E-state index contributed by atoms with van der Waals surface area (Å²) in [7, 11) is 0. The van der Waals surface area contributed by atoms with Crippen LogP contribution in [0.2, 0.25) is 0 Å². The molecule has 1 amide bonds. The maximum absolute atomic E-state index is 11.9. The van der Waals surface area contributed by atoms with Gasteiger partial charge in [0.05, 0.1) is 5.56 Å². The molecule has 0 heterocycles. The van der Waals surface area contributed by atoms with Crippen LogP contribution < -0.4 is 5.32 Å². The number of amides is 1. The summed E-state index contributed by atoms with van der Waals surface area (Å²) < 4.78 is 0.882. The summed E-state index contributed by atoms with van der Waals surface area (Å²) in [4.78, 5) is 11.9. The minimum Gasteiger partial charge on any atom is -0.507 e. The minimum atomic E-state index is -0.332. The molecule has 4 heteroatoms. The van der Waals surface area contributed by atoms with Crippen molar-refractivity contribution in [2.75, 3.05) is 5.32 Å². The van der Waals surface area contributed by atoms with Crippen molar-refractivity contribution in [3.05, 3.63) is 58.6 Å². The number of hydrogen-bond donors (Lipinski definition) is 2. The van der Waals surface area contributed by atoms with Crippen LogP contribution in [0.5, 0.6) is 5.75 Å². The zero-order chi connectivity index (χ0) is 12.3. The fourth-order valence-corrected chi connectivity index (χ4v) is 1.83. The number of aromatic hydroxyl groups is 1. The molecule has 0 fully saturated rings. The summed E-state index contributed by atoms with van der Waals surface area (Å²) in [6, 6.07) is 13.7. The lowest BCUT2D eigenvalue weighted by atomic mass is 10.2. The monoisotopic (exact) mass is 291 g/mol. The SMILES string of the molecule is O=C(Nc1cccc(Br)c1)c1ccccc1O. The molecule has 0 radical (unpaired) electrons. The van der Waals surface area contributed by atoms with Crippen LogP contribution in [0.15, 0.2) is 53.0 Å². The van der Waals surface area contributed by atoms with Gasteiger partial charge in [0, 0.05) is 10.2 Å². The number of hydrogen-bond acceptors (Lipinski definition) is 2. The number of halogens is 1. The van der Waals surface area contributed by atoms with Crippen molar-refractivity contribution in [3.63, 3.8) is 0 Å². The second-order valence-electron chi connectivity index (χ2n) is 3.48. The molecule has 2 aromatic rings. The summed E-state index contributed by atoms with van der Waals surface area (Å²) in [6.07, 6.45) is 0. The van der Waals surface area contributed by atoms with Gasteiger partial charge in [0.2, 0.25) is 0 Å². The molecule has 0 saturated heterocycles. The van der Waals surface area contributed by atoms with Gasteiger partial charge in [0.25, 0.3) is 5.91 Å². The van der Waals surface area contributed by atoms with E-state index < -0.39 is 0 Å². The van der Waals surface area contributed by atoms with Crippen LogP contribution in [-0.2, 0) is 0 Å². The molecule has 0 spiro atoms. The van der Waals surface area contributed by atoms with Crippen molar-refractivity contribution in [2.45, 2.75) is 0 Å². The van der Waals surface area contributed by atoms with Crippen molar-refractivity contribution in [1.82, 2.24) is 0 Å². The van der Waals surface area contributed by atoms with E-state index in [1.165, 1.54) is 6.07 Å². The highest BCUT2D eigenvalue weighted by atomic mass is 79.9. The molecule has 2 aromatic carbocycles. The van der Waals surface area contributed by atoms with Gasteiger partial charge >= 0.3 is 0 Å². The van der Waals surface area contributed by atoms with Crippen LogP contribution in [0.1, 0.15) is 10.4 Å². The summed E-state index contributed by atoms with van der Waals surface area (Å²) in [6.45, 7) is 0. The Kier molecular flexibility index (Phi) is 3.44. The Hall–Kier alpha value is -1.81. The Morgan fingerprint density at radius 2 is 1.88 bits per heavy atom. The number of para-hydroxylation sites is 1. The van der Waals surface area contributed by atoms with Crippen molar-refractivity contribution >= 4 is 27.5 Å². The lowest BCUT2D eigenvalue weighted by Gasteiger charge is -2.06. The number of phenolic OH excluding ortho intramolecular Hbond substituents is 1. The zero-order valence-electron chi connectivity index (χ0n) is 8.85. The molecule has 2 N–H and O–H groups in total. The number of phenols is 1. The van der Waals surface area contributed by atoms with Crippen molar-refractivity contribution in [2.24, 2.45) is 0 Å². The first-order valence-corrected chi connectivity index (χ1v) is 5.81. The van der Waals surface area contributed by atoms with Gasteiger partial charge in [0.1, 0.15) is 5.75 Å². The van der Waals surface area contributed by atoms with Gasteiger partial charge in [-0.3, -0.25) is 4.79 Å². The van der Waals surface area contributed by atoms with E-state index >= 15 is 0 Å². The highest BCUT2D eigenvalue weighted by Crippen LogP contribution is 2.19. The summed E-state index contributed by atoms with van der Waals surface area (Å²) in [5.74, 6) is -0.360. The summed E-state index contributed by atoms with van der Waals surface area (Å²) in [5.41, 5.74) is 0.931. The molecule has 0 aliphatic carbocycles. The van der Waals surface area contributed by atoms with Gasteiger partial charge in [-0.2, -0.15) is 0 Å². The van der Waals surface area contributed by atoms with E-state index in [0.717, 1.165) is 4.47 Å². The second kappa shape index (κ2) is 5.01. The first-order valence-electron chi connectivity index (χ1n) is 5.02. The molecule has 0 unspecified atom stereocenters. The number of anilines is 1. The van der Waals surface area contributed by atoms with E-state index in [2.05, 4.69) is 21.2 Å². The molecule has 2 rings (SSSR count). The van der Waals surface area contributed by atoms with E-state index in [1.54, 1.807) is 30.3 Å². The molecule has 0 aromatic heterocycles. The van der Waals surface area contributed by atoms with E-state index in [-0.39, 0.29) is 17.2 Å². The van der Waals surface area contributed by atoms with Gasteiger partial charge in [0.15, 0.2) is 0 Å². The van der Waals surface area contributed by atoms with Crippen LogP contribution >= 0.6 is 15.9 Å². The van der Waals surface area contributed by atoms with Crippen molar-refractivity contribution in [1.29, 1.82) is 0 Å². The summed E-state index contributed by atoms with van der Waals surface area (Å²) >= 11 is 3.32. The highest BCUT2D eigenvalue weighted by Gasteiger charge is 2.10. The van der Waals surface area contributed by atoms with Gasteiger partial charge in [-0.1, -0.05) is 34.1 Å². The van der Waals surface area contributed by atoms with Gasteiger partial charge in [-0.05, 0) is 30.3 Å². The average Bonchev–Trinajstić information content (AvgIpc) is 2.29. The quantitative estimate of drug-likeness (QED) is 0.891. The van der Waals surface area contributed by atoms with E-state index in [4.69, 9.17) is 0 Å². The standard InChI is InChI=1S/C13H10BrNO2/c14-9-4-3-5-10(8-9)15-13(17)11-6-1-2-7-12(11)16/h1-8,16H,(H,15,17). The molecule has 17 heavy (non-hydrogen) atoms. The maximum atomic E-state index is 11.9. The largest absolute Gasteiger partial charge is 0.507 e. The number of nitrogens with one attached hydrogen (secondary N) is 1. The Bertz CT molecular complexity index is 555. The Morgan fingerprint density at radius 3 is 2.59 bits per heavy atom. The predicted octanol–water partition coefficient (Wildman–Crippen LogP) is 3.41. The topological polar surface area (TPSA) is 49.3 Å². The highest BCUT2D eigenvalue weighted by molar-refractivity contribution is 9.10. The number of carbonyl (C=O) groups is 1. The number of rotatable bonds is 2. The van der Waals surface area contributed by atoms with Crippen LogP contribution in [0, 0.1) is 0 Å². The molecule has 0 aliphatic rings. The Balaban J connectivity index is 2.20. The minimum absolute atomic E-state index is 0.0278. The lowest BCUT2D eigenvalue weighted by molar-refractivity contribution is 0.102. The fourth-order valence-electron chi connectivity index (χ4n) is 1.43. The Labute approximate surface area is 107 Å². The van der Waals surface area contributed by atoms with Gasteiger partial charge < -0.3 is 10.4 Å². The third-order valence-electron chi connectivity index (χ3n) is 2.23. The first kappa shape index (κ1) is 11.7. The van der Waals surface area contributed by atoms with Crippen molar-refractivity contribution in [3.8, 4) is 5.75 Å². The molecule has 0 bridgehead atoms. The molecular weight excluding hydrogens is 282 g/mol. The Morgan fingerprint density at radius 1 is 1.12 bits per heavy atom. The van der Waals surface area contributed by atoms with Gasteiger partial charge in [-0.25, -0.2) is 0 Å². The zero-order valence-corrected chi connectivity index (χ0v) is 10.4. The molecule has 3 nitrogen and oxygen atoms in total. The molecule has 0 aliphatic heterocycles. The molecular formula is C13H10BrNO2. The van der Waals surface area contributed by atoms with E-state index in [9.17, 15) is 9.90 Å². The van der Waals surface area contributed by atoms with Crippen LogP contribution in [-0.4, -0.2) is 11.0 Å². The smallest absolute Gasteiger partial charge is 0.259 e. The van der Waals surface area contributed by atoms with Crippen LogP contribution in [0.25, 0.3) is 0 Å². The molecule has 0 saturated carbocycles. The molecule has 86 valence electrons. The van der Waals surface area contributed by atoms with Crippen LogP contribution in [0.4, 0.5) is 5.69 Å². The maximum Gasteiger partial charge on any atom is 0.259 e. The normalized spacial score (nSPS) is 9.94. The number of carbonyl (C=O) groups excluding carboxylic acids is 1. The van der Waals surface area contributed by atoms with Crippen LogP contribution in [0.3, 0.4) is 0 Å². The third-order valence-corrected chi connectivity index (χ3v) is 2.72. The fraction of sp³-hybridized carbons (Fsp3) is 0. The van der Waals surface area contributed by atoms with Gasteiger partial charge in [-0.15, -0.1) is 0 Å². The van der Waals surface area contributed by atoms with E-state index in [1.807, 2.05) is 12.1 Å². The predicted molar refractivity (Wildman–Crippen MR) is 70.2 cm³/mol. The molecule has 0 atom stereocenters. The van der Waals surface area contributed by atoms with E-state index in [0.29, 0.717) is 5.69 Å². The summed E-state index contributed by atoms with van der Waals surface area (Å²) in [5, 5.41) is 12.3. The van der Waals surface area contributed by atoms with Crippen molar-refractivity contribution < 1.29 is 9.90 Å². The second-order valence-corrected chi connectivity index (χ2v) is 4.40. The third kappa shape index (κ3) is 2.85. The number of benzene rings is 2. The average molecular weight is 292 g/mol. The lowest BCUT2D eigenvalue weighted by Crippen LogP contribution is -2.11. The first-order chi connectivity index (χ1) is 8.16.